The Labute approximate surface area is 146 Å². The lowest BCUT2D eigenvalue weighted by Gasteiger charge is -2.20. The highest BCUT2D eigenvalue weighted by Crippen LogP contribution is 1.92. The first kappa shape index (κ1) is 22.5. The molecule has 142 valence electrons. The van der Waals surface area contributed by atoms with Gasteiger partial charge in [-0.3, -0.25) is 28.9 Å². The molecular weight excluding hydrogens is 334 g/mol. The first-order valence-electron chi connectivity index (χ1n) is 7.72. The van der Waals surface area contributed by atoms with E-state index < -0.39 is 11.9 Å². The van der Waals surface area contributed by atoms with Crippen molar-refractivity contribution in [2.24, 2.45) is 0 Å². The molecule has 25 heavy (non-hydrogen) atoms. The zero-order chi connectivity index (χ0) is 19.2. The van der Waals surface area contributed by atoms with Crippen molar-refractivity contribution in [1.82, 2.24) is 15.5 Å². The molecule has 0 aliphatic heterocycles. The van der Waals surface area contributed by atoms with Crippen LogP contribution < -0.4 is 10.6 Å². The van der Waals surface area contributed by atoms with Gasteiger partial charge in [-0.2, -0.15) is 0 Å². The predicted octanol–water partition coefficient (Wildman–Crippen LogP) is -1.76. The van der Waals surface area contributed by atoms with Crippen LogP contribution in [0.5, 0.6) is 0 Å². The van der Waals surface area contributed by atoms with Crippen LogP contribution in [0.2, 0.25) is 0 Å². The van der Waals surface area contributed by atoms with Crippen LogP contribution >= 0.6 is 0 Å². The van der Waals surface area contributed by atoms with Gasteiger partial charge in [0.1, 0.15) is 32.1 Å². The minimum Gasteiger partial charge on any atom is -0.463 e. The fourth-order valence-corrected chi connectivity index (χ4v) is 1.66. The average molecular weight is 359 g/mol. The van der Waals surface area contributed by atoms with Crippen LogP contribution in [0.4, 0.5) is 0 Å². The Morgan fingerprint density at radius 2 is 1.16 bits per heavy atom. The summed E-state index contributed by atoms with van der Waals surface area (Å²) in [6, 6.07) is 0. The van der Waals surface area contributed by atoms with E-state index in [4.69, 9.17) is 9.47 Å². The Morgan fingerprint density at radius 1 is 0.760 bits per heavy atom. The second-order valence-electron chi connectivity index (χ2n) is 5.24. The maximum absolute atomic E-state index is 11.4. The minimum atomic E-state index is -0.584. The summed E-state index contributed by atoms with van der Waals surface area (Å²) in [5.41, 5.74) is 0. The molecule has 0 bridgehead atoms. The second-order valence-corrected chi connectivity index (χ2v) is 5.24. The third-order valence-electron chi connectivity index (χ3n) is 2.75. The van der Waals surface area contributed by atoms with Gasteiger partial charge in [0.05, 0.1) is 6.54 Å². The molecule has 0 spiro atoms. The zero-order valence-corrected chi connectivity index (χ0v) is 14.8. The summed E-state index contributed by atoms with van der Waals surface area (Å²) in [7, 11) is 0. The number of ketones is 1. The summed E-state index contributed by atoms with van der Waals surface area (Å²) in [5, 5.41) is 4.63. The van der Waals surface area contributed by atoms with Crippen molar-refractivity contribution < 1.29 is 33.4 Å². The number of carbonyl (C=O) groups excluding carboxylic acids is 5. The SMILES string of the molecule is CC(=O)CN(CCOC(=O)CNC(C)=O)CCOC(=O)CNC(C)=O. The number of hydrogen-bond donors (Lipinski definition) is 2. The Kier molecular flexibility index (Phi) is 11.6. The van der Waals surface area contributed by atoms with Crippen LogP contribution in [0.1, 0.15) is 20.8 Å². The molecule has 0 atom stereocenters. The molecule has 0 aliphatic rings. The summed E-state index contributed by atoms with van der Waals surface area (Å²) in [6.45, 7) is 4.28. The van der Waals surface area contributed by atoms with E-state index in [1.54, 1.807) is 4.90 Å². The maximum Gasteiger partial charge on any atom is 0.325 e. The van der Waals surface area contributed by atoms with Crippen molar-refractivity contribution in [1.29, 1.82) is 0 Å². The van der Waals surface area contributed by atoms with Crippen molar-refractivity contribution in [2.45, 2.75) is 20.8 Å². The van der Waals surface area contributed by atoms with E-state index in [2.05, 4.69) is 10.6 Å². The highest BCUT2D eigenvalue weighted by Gasteiger charge is 2.11. The zero-order valence-electron chi connectivity index (χ0n) is 14.8. The molecule has 10 heteroatoms. The highest BCUT2D eigenvalue weighted by atomic mass is 16.5. The number of ether oxygens (including phenoxy) is 2. The average Bonchev–Trinajstić information content (AvgIpc) is 2.50. The van der Waals surface area contributed by atoms with Gasteiger partial charge in [-0.25, -0.2) is 0 Å². The van der Waals surface area contributed by atoms with Gasteiger partial charge < -0.3 is 20.1 Å². The van der Waals surface area contributed by atoms with Crippen LogP contribution in [0.15, 0.2) is 0 Å². The van der Waals surface area contributed by atoms with Gasteiger partial charge in [0.15, 0.2) is 0 Å². The molecule has 0 aromatic carbocycles. The van der Waals surface area contributed by atoms with Crippen LogP contribution in [0, 0.1) is 0 Å². The van der Waals surface area contributed by atoms with E-state index in [-0.39, 0.29) is 63.5 Å². The van der Waals surface area contributed by atoms with Gasteiger partial charge >= 0.3 is 11.9 Å². The number of nitrogens with one attached hydrogen (secondary N) is 2. The molecule has 0 radical (unpaired) electrons. The predicted molar refractivity (Wildman–Crippen MR) is 86.4 cm³/mol. The van der Waals surface area contributed by atoms with E-state index >= 15 is 0 Å². The molecule has 2 amide bonds. The fraction of sp³-hybridized carbons (Fsp3) is 0.667. The topological polar surface area (TPSA) is 131 Å². The van der Waals surface area contributed by atoms with Crippen molar-refractivity contribution in [3.8, 4) is 0 Å². The fourth-order valence-electron chi connectivity index (χ4n) is 1.66. The molecule has 0 aromatic heterocycles. The second kappa shape index (κ2) is 12.9. The summed E-state index contributed by atoms with van der Waals surface area (Å²) in [5.74, 6) is -1.93. The molecule has 0 fully saturated rings. The molecule has 0 unspecified atom stereocenters. The number of Topliss-reactive ketones (excluding diaryl/α,β-unsaturated/α-hetero) is 1. The van der Waals surface area contributed by atoms with Crippen LogP contribution in [-0.4, -0.2) is 80.4 Å². The van der Waals surface area contributed by atoms with Gasteiger partial charge in [0, 0.05) is 26.9 Å². The summed E-state index contributed by atoms with van der Waals surface area (Å²) < 4.78 is 9.87. The largest absolute Gasteiger partial charge is 0.463 e. The number of esters is 2. The smallest absolute Gasteiger partial charge is 0.325 e. The van der Waals surface area contributed by atoms with Gasteiger partial charge in [-0.05, 0) is 6.92 Å². The van der Waals surface area contributed by atoms with Gasteiger partial charge in [0.25, 0.3) is 0 Å². The molecule has 2 N–H and O–H groups in total. The highest BCUT2D eigenvalue weighted by molar-refractivity contribution is 5.80. The Morgan fingerprint density at radius 3 is 1.48 bits per heavy atom. The van der Waals surface area contributed by atoms with Crippen molar-refractivity contribution in [3.63, 3.8) is 0 Å². The molecule has 0 aliphatic carbocycles. The summed E-state index contributed by atoms with van der Waals surface area (Å²) in [6.07, 6.45) is 0. The molecular formula is C15H25N3O7. The summed E-state index contributed by atoms with van der Waals surface area (Å²) in [4.78, 5) is 57.0. The molecule has 0 aromatic rings. The number of carbonyl (C=O) groups is 5. The quantitative estimate of drug-likeness (QED) is 0.392. The monoisotopic (exact) mass is 359 g/mol. The van der Waals surface area contributed by atoms with E-state index in [9.17, 15) is 24.0 Å². The standard InChI is InChI=1S/C15H25N3O7/c1-11(19)10-18(4-6-24-14(22)8-16-12(2)20)5-7-25-15(23)9-17-13(3)21/h4-10H2,1-3H3,(H,16,20)(H,17,21). The number of hydrogen-bond acceptors (Lipinski definition) is 8. The van der Waals surface area contributed by atoms with Gasteiger partial charge in [0.2, 0.25) is 11.8 Å². The molecule has 0 saturated carbocycles. The van der Waals surface area contributed by atoms with E-state index in [1.165, 1.54) is 20.8 Å². The van der Waals surface area contributed by atoms with Crippen LogP contribution in [0.25, 0.3) is 0 Å². The lowest BCUT2D eigenvalue weighted by atomic mass is 10.4. The van der Waals surface area contributed by atoms with Crippen LogP contribution in [-0.2, 0) is 33.4 Å². The van der Waals surface area contributed by atoms with E-state index in [1.807, 2.05) is 0 Å². The van der Waals surface area contributed by atoms with Crippen molar-refractivity contribution in [2.75, 3.05) is 45.9 Å². The van der Waals surface area contributed by atoms with Crippen LogP contribution in [0.3, 0.4) is 0 Å². The van der Waals surface area contributed by atoms with Gasteiger partial charge in [-0.1, -0.05) is 0 Å². The van der Waals surface area contributed by atoms with Crippen molar-refractivity contribution >= 4 is 29.5 Å². The Balaban J connectivity index is 4.09. The molecule has 0 heterocycles. The molecule has 0 rings (SSSR count). The Hall–Kier alpha value is -2.49. The minimum absolute atomic E-state index is 0.0333. The number of nitrogens with zero attached hydrogens (tertiary/aromatic N) is 1. The first-order valence-corrected chi connectivity index (χ1v) is 7.72. The normalized spacial score (nSPS) is 10.1. The van der Waals surface area contributed by atoms with E-state index in [0.717, 1.165) is 0 Å². The summed E-state index contributed by atoms with van der Waals surface area (Å²) >= 11 is 0. The molecule has 0 saturated heterocycles. The van der Waals surface area contributed by atoms with Crippen molar-refractivity contribution in [3.05, 3.63) is 0 Å². The lowest BCUT2D eigenvalue weighted by molar-refractivity contribution is -0.144. The van der Waals surface area contributed by atoms with E-state index in [0.29, 0.717) is 0 Å². The number of rotatable bonds is 12. The Bertz CT molecular complexity index is 458. The number of amides is 2. The maximum atomic E-state index is 11.4. The third-order valence-corrected chi connectivity index (χ3v) is 2.75. The molecule has 10 nitrogen and oxygen atoms in total. The lowest BCUT2D eigenvalue weighted by Crippen LogP contribution is -2.37. The first-order chi connectivity index (χ1) is 11.7. The third kappa shape index (κ3) is 14.8. The van der Waals surface area contributed by atoms with Gasteiger partial charge in [-0.15, -0.1) is 0 Å².